The molecule has 0 aromatic heterocycles. The highest BCUT2D eigenvalue weighted by molar-refractivity contribution is 5.73. The van der Waals surface area contributed by atoms with Crippen molar-refractivity contribution in [1.82, 2.24) is 0 Å². The topological polar surface area (TPSA) is 89.3 Å². The summed E-state index contributed by atoms with van der Waals surface area (Å²) in [6.07, 6.45) is 0.0898. The van der Waals surface area contributed by atoms with Gasteiger partial charge in [-0.25, -0.2) is 4.39 Å². The first-order valence-electron chi connectivity index (χ1n) is 4.03. The average molecular weight is 198 g/mol. The summed E-state index contributed by atoms with van der Waals surface area (Å²) in [6, 6.07) is 3.12. The van der Waals surface area contributed by atoms with Gasteiger partial charge in [0, 0.05) is 0 Å². The van der Waals surface area contributed by atoms with Crippen molar-refractivity contribution in [2.45, 2.75) is 12.5 Å². The molecular weight excluding hydrogens is 187 g/mol. The molecule has 0 radical (unpaired) electrons. The van der Waals surface area contributed by atoms with Crippen LogP contribution in [0.5, 0.6) is 0 Å². The summed E-state index contributed by atoms with van der Waals surface area (Å²) < 4.78 is 12.9. The molecule has 76 valence electrons. The average Bonchev–Trinajstić information content (AvgIpc) is 2.11. The zero-order chi connectivity index (χ0) is 10.7. The predicted octanol–water partition coefficient (Wildman–Crippen LogP) is 0.362. The highest BCUT2D eigenvalue weighted by Crippen LogP contribution is 2.12. The van der Waals surface area contributed by atoms with Gasteiger partial charge in [0.2, 0.25) is 0 Å². The van der Waals surface area contributed by atoms with Crippen molar-refractivity contribution in [2.75, 3.05) is 5.73 Å². The summed E-state index contributed by atoms with van der Waals surface area (Å²) in [5.41, 5.74) is 11.1. The zero-order valence-electron chi connectivity index (χ0n) is 7.40. The zero-order valence-corrected chi connectivity index (χ0v) is 7.40. The Bertz CT molecular complexity index is 355. The first kappa shape index (κ1) is 10.5. The van der Waals surface area contributed by atoms with Gasteiger partial charge in [-0.3, -0.25) is 4.79 Å². The Hall–Kier alpha value is -1.62. The fourth-order valence-electron chi connectivity index (χ4n) is 1.04. The lowest BCUT2D eigenvalue weighted by atomic mass is 10.1. The van der Waals surface area contributed by atoms with E-state index in [0.717, 1.165) is 0 Å². The largest absolute Gasteiger partial charge is 0.480 e. The highest BCUT2D eigenvalue weighted by atomic mass is 19.1. The Kier molecular flexibility index (Phi) is 3.03. The molecule has 0 aliphatic heterocycles. The maximum Gasteiger partial charge on any atom is 0.320 e. The molecule has 0 saturated heterocycles. The molecule has 5 heteroatoms. The van der Waals surface area contributed by atoms with Gasteiger partial charge in [-0.1, -0.05) is 6.07 Å². The molecule has 1 aromatic rings. The normalized spacial score (nSPS) is 12.4. The highest BCUT2D eigenvalue weighted by Gasteiger charge is 2.12. The number of rotatable bonds is 3. The van der Waals surface area contributed by atoms with Crippen LogP contribution < -0.4 is 11.5 Å². The Balaban J connectivity index is 2.78. The molecular formula is C9H11FN2O2. The molecule has 14 heavy (non-hydrogen) atoms. The third-order valence-electron chi connectivity index (χ3n) is 1.84. The molecule has 0 fully saturated rings. The van der Waals surface area contributed by atoms with Crippen LogP contribution in [0.15, 0.2) is 18.2 Å². The summed E-state index contributed by atoms with van der Waals surface area (Å²) >= 11 is 0. The Labute approximate surface area is 80.3 Å². The van der Waals surface area contributed by atoms with Crippen LogP contribution >= 0.6 is 0 Å². The van der Waals surface area contributed by atoms with E-state index in [4.69, 9.17) is 16.6 Å². The molecule has 1 aromatic carbocycles. The molecule has 0 saturated carbocycles. The number of nitrogens with two attached hydrogens (primary N) is 2. The van der Waals surface area contributed by atoms with Gasteiger partial charge in [0.1, 0.15) is 11.9 Å². The molecule has 0 aliphatic rings. The quantitative estimate of drug-likeness (QED) is 0.612. The number of aliphatic carboxylic acids is 1. The smallest absolute Gasteiger partial charge is 0.320 e. The summed E-state index contributed by atoms with van der Waals surface area (Å²) in [5.74, 6) is -1.66. The Morgan fingerprint density at radius 3 is 2.71 bits per heavy atom. The summed E-state index contributed by atoms with van der Waals surface area (Å²) in [4.78, 5) is 10.4. The van der Waals surface area contributed by atoms with E-state index in [9.17, 15) is 9.18 Å². The van der Waals surface area contributed by atoms with Crippen LogP contribution in [0.3, 0.4) is 0 Å². The molecule has 0 bridgehead atoms. The van der Waals surface area contributed by atoms with Crippen LogP contribution in [0.25, 0.3) is 0 Å². The maximum absolute atomic E-state index is 12.9. The lowest BCUT2D eigenvalue weighted by molar-refractivity contribution is -0.138. The van der Waals surface area contributed by atoms with Gasteiger partial charge in [-0.2, -0.15) is 0 Å². The third-order valence-corrected chi connectivity index (χ3v) is 1.84. The summed E-state index contributed by atoms with van der Waals surface area (Å²) in [5, 5.41) is 8.52. The fourth-order valence-corrected chi connectivity index (χ4v) is 1.04. The van der Waals surface area contributed by atoms with Gasteiger partial charge in [-0.05, 0) is 24.1 Å². The van der Waals surface area contributed by atoms with Crippen molar-refractivity contribution in [3.63, 3.8) is 0 Å². The minimum Gasteiger partial charge on any atom is -0.480 e. The van der Waals surface area contributed by atoms with E-state index in [1.807, 2.05) is 0 Å². The van der Waals surface area contributed by atoms with Crippen molar-refractivity contribution in [2.24, 2.45) is 5.73 Å². The van der Waals surface area contributed by atoms with E-state index < -0.39 is 17.8 Å². The van der Waals surface area contributed by atoms with Crippen molar-refractivity contribution in [1.29, 1.82) is 0 Å². The van der Waals surface area contributed by atoms with Gasteiger partial charge >= 0.3 is 5.97 Å². The number of hydrogen-bond donors (Lipinski definition) is 3. The van der Waals surface area contributed by atoms with E-state index in [1.54, 1.807) is 6.07 Å². The van der Waals surface area contributed by atoms with Crippen LogP contribution in [0.2, 0.25) is 0 Å². The first-order chi connectivity index (χ1) is 6.50. The van der Waals surface area contributed by atoms with Gasteiger partial charge in [-0.15, -0.1) is 0 Å². The van der Waals surface area contributed by atoms with Crippen molar-refractivity contribution >= 4 is 11.7 Å². The summed E-state index contributed by atoms with van der Waals surface area (Å²) in [6.45, 7) is 0. The van der Waals surface area contributed by atoms with E-state index in [0.29, 0.717) is 5.56 Å². The molecule has 0 spiro atoms. The second kappa shape index (κ2) is 4.06. The second-order valence-electron chi connectivity index (χ2n) is 3.00. The number of anilines is 1. The number of hydrogen-bond acceptors (Lipinski definition) is 3. The third kappa shape index (κ3) is 2.43. The first-order valence-corrected chi connectivity index (χ1v) is 4.03. The van der Waals surface area contributed by atoms with Gasteiger partial charge in [0.15, 0.2) is 0 Å². The van der Waals surface area contributed by atoms with Crippen LogP contribution in [0.1, 0.15) is 5.56 Å². The predicted molar refractivity (Wildman–Crippen MR) is 50.1 cm³/mol. The van der Waals surface area contributed by atoms with Crippen molar-refractivity contribution < 1.29 is 14.3 Å². The molecule has 1 atom stereocenters. The molecule has 1 rings (SSSR count). The van der Waals surface area contributed by atoms with Crippen LogP contribution in [0.4, 0.5) is 10.1 Å². The minimum absolute atomic E-state index is 0.0395. The molecule has 0 unspecified atom stereocenters. The molecule has 0 heterocycles. The lowest BCUT2D eigenvalue weighted by Gasteiger charge is -2.06. The number of halogens is 1. The van der Waals surface area contributed by atoms with Gasteiger partial charge < -0.3 is 16.6 Å². The number of nitrogen functional groups attached to an aromatic ring is 1. The van der Waals surface area contributed by atoms with Gasteiger partial charge in [0.25, 0.3) is 0 Å². The van der Waals surface area contributed by atoms with Gasteiger partial charge in [0.05, 0.1) is 5.69 Å². The second-order valence-corrected chi connectivity index (χ2v) is 3.00. The van der Waals surface area contributed by atoms with Crippen LogP contribution in [0, 0.1) is 5.82 Å². The number of carbonyl (C=O) groups is 1. The van der Waals surface area contributed by atoms with E-state index in [1.165, 1.54) is 12.1 Å². The SMILES string of the molecule is Nc1ccc(C[C@@H](N)C(=O)O)cc1F. The van der Waals surface area contributed by atoms with E-state index >= 15 is 0 Å². The van der Waals surface area contributed by atoms with Crippen LogP contribution in [-0.2, 0) is 11.2 Å². The number of benzene rings is 1. The summed E-state index contributed by atoms with van der Waals surface area (Å²) in [7, 11) is 0. The molecule has 0 amide bonds. The maximum atomic E-state index is 12.9. The minimum atomic E-state index is -1.11. The number of carboxylic acids is 1. The molecule has 0 aliphatic carbocycles. The Morgan fingerprint density at radius 2 is 2.21 bits per heavy atom. The molecule has 5 N–H and O–H groups in total. The fraction of sp³-hybridized carbons (Fsp3) is 0.222. The van der Waals surface area contributed by atoms with E-state index in [-0.39, 0.29) is 12.1 Å². The standard InChI is InChI=1S/C9H11FN2O2/c10-6-3-5(1-2-7(6)11)4-8(12)9(13)14/h1-3,8H,4,11-12H2,(H,13,14)/t8-/m1/s1. The monoisotopic (exact) mass is 198 g/mol. The van der Waals surface area contributed by atoms with Crippen molar-refractivity contribution in [3.8, 4) is 0 Å². The number of carboxylic acid groups (broad SMARTS) is 1. The van der Waals surface area contributed by atoms with Crippen molar-refractivity contribution in [3.05, 3.63) is 29.6 Å². The molecule has 4 nitrogen and oxygen atoms in total. The van der Waals surface area contributed by atoms with Crippen LogP contribution in [-0.4, -0.2) is 17.1 Å². The lowest BCUT2D eigenvalue weighted by Crippen LogP contribution is -2.32. The Morgan fingerprint density at radius 1 is 1.57 bits per heavy atom. The van der Waals surface area contributed by atoms with E-state index in [2.05, 4.69) is 0 Å².